The number of ether oxygens (including phenoxy) is 2. The molecule has 1 aromatic rings. The summed E-state index contributed by atoms with van der Waals surface area (Å²) in [6.45, 7) is 1.09. The van der Waals surface area contributed by atoms with Gasteiger partial charge in [0.05, 0.1) is 25.2 Å². The van der Waals surface area contributed by atoms with Crippen molar-refractivity contribution in [3.8, 4) is 5.75 Å². The van der Waals surface area contributed by atoms with Gasteiger partial charge in [-0.3, -0.25) is 4.79 Å². The highest BCUT2D eigenvalue weighted by Crippen LogP contribution is 2.44. The molecule has 0 radical (unpaired) electrons. The first-order chi connectivity index (χ1) is 8.26. The second-order valence-electron chi connectivity index (χ2n) is 5.41. The molecule has 1 spiro atoms. The van der Waals surface area contributed by atoms with Crippen LogP contribution in [0.5, 0.6) is 5.75 Å². The molecule has 3 aliphatic rings. The highest BCUT2D eigenvalue weighted by Gasteiger charge is 2.47. The highest BCUT2D eigenvalue weighted by molar-refractivity contribution is 6.00. The van der Waals surface area contributed by atoms with E-state index in [0.717, 1.165) is 11.3 Å². The average Bonchev–Trinajstić information content (AvgIpc) is 3.10. The molecule has 0 bridgehead atoms. The lowest BCUT2D eigenvalue weighted by Gasteiger charge is -2.43. The molecule has 2 heterocycles. The van der Waals surface area contributed by atoms with Gasteiger partial charge in [0.1, 0.15) is 5.75 Å². The number of hydrogen-bond donors (Lipinski definition) is 0. The van der Waals surface area contributed by atoms with E-state index in [-0.39, 0.29) is 11.4 Å². The predicted molar refractivity (Wildman–Crippen MR) is 61.5 cm³/mol. The lowest BCUT2D eigenvalue weighted by molar-refractivity contribution is -0.162. The van der Waals surface area contributed by atoms with Crippen molar-refractivity contribution in [3.63, 3.8) is 0 Å². The minimum Gasteiger partial charge on any atom is -0.481 e. The number of benzene rings is 1. The maximum atomic E-state index is 12.1. The van der Waals surface area contributed by atoms with E-state index >= 15 is 0 Å². The monoisotopic (exact) mass is 230 g/mol. The van der Waals surface area contributed by atoms with Crippen LogP contribution in [-0.2, 0) is 4.74 Å². The summed E-state index contributed by atoms with van der Waals surface area (Å²) in [5.74, 6) is 1.65. The molecule has 1 saturated carbocycles. The third-order valence-corrected chi connectivity index (χ3v) is 3.89. The zero-order valence-electron chi connectivity index (χ0n) is 9.57. The Morgan fingerprint density at radius 1 is 1.24 bits per heavy atom. The second-order valence-corrected chi connectivity index (χ2v) is 5.41. The van der Waals surface area contributed by atoms with Crippen molar-refractivity contribution in [3.05, 3.63) is 29.3 Å². The fraction of sp³-hybridized carbons (Fsp3) is 0.500. The molecule has 0 aromatic heterocycles. The molecule has 0 unspecified atom stereocenters. The Morgan fingerprint density at radius 3 is 2.71 bits per heavy atom. The van der Waals surface area contributed by atoms with Crippen LogP contribution in [0.25, 0.3) is 0 Å². The summed E-state index contributed by atoms with van der Waals surface area (Å²) >= 11 is 0. The van der Waals surface area contributed by atoms with E-state index in [9.17, 15) is 4.79 Å². The molecular weight excluding hydrogens is 216 g/mol. The van der Waals surface area contributed by atoms with Crippen molar-refractivity contribution >= 4 is 5.78 Å². The summed E-state index contributed by atoms with van der Waals surface area (Å²) in [4.78, 5) is 12.1. The van der Waals surface area contributed by atoms with E-state index in [1.165, 1.54) is 18.4 Å². The summed E-state index contributed by atoms with van der Waals surface area (Å²) < 4.78 is 11.2. The number of fused-ring (bicyclic) bond motifs is 1. The van der Waals surface area contributed by atoms with Gasteiger partial charge in [-0.25, -0.2) is 0 Å². The van der Waals surface area contributed by atoms with Gasteiger partial charge in [0, 0.05) is 0 Å². The lowest BCUT2D eigenvalue weighted by atomic mass is 9.88. The van der Waals surface area contributed by atoms with Crippen molar-refractivity contribution in [1.29, 1.82) is 0 Å². The molecule has 0 atom stereocenters. The first-order valence-corrected chi connectivity index (χ1v) is 6.20. The standard InChI is InChI=1S/C14H14O3/c15-12-6-14(7-16-8-14)17-13-5-10(9-1-2-9)3-4-11(12)13/h3-5,9H,1-2,6-8H2. The van der Waals surface area contributed by atoms with Gasteiger partial charge in [-0.15, -0.1) is 0 Å². The third kappa shape index (κ3) is 1.42. The first kappa shape index (κ1) is 9.66. The van der Waals surface area contributed by atoms with Crippen molar-refractivity contribution in [2.45, 2.75) is 30.8 Å². The summed E-state index contributed by atoms with van der Waals surface area (Å²) in [6.07, 6.45) is 2.99. The molecule has 3 nitrogen and oxygen atoms in total. The Bertz CT molecular complexity index is 498. The van der Waals surface area contributed by atoms with Crippen LogP contribution < -0.4 is 4.74 Å². The van der Waals surface area contributed by atoms with Crippen molar-refractivity contribution in [2.24, 2.45) is 0 Å². The van der Waals surface area contributed by atoms with Gasteiger partial charge in [0.2, 0.25) is 0 Å². The van der Waals surface area contributed by atoms with Gasteiger partial charge in [0.25, 0.3) is 0 Å². The zero-order chi connectivity index (χ0) is 11.5. The summed E-state index contributed by atoms with van der Waals surface area (Å²) in [7, 11) is 0. The van der Waals surface area contributed by atoms with E-state index < -0.39 is 0 Å². The molecule has 1 saturated heterocycles. The molecule has 3 heteroatoms. The third-order valence-electron chi connectivity index (χ3n) is 3.89. The van der Waals surface area contributed by atoms with Crippen LogP contribution in [0.2, 0.25) is 0 Å². The number of hydrogen-bond acceptors (Lipinski definition) is 3. The van der Waals surface area contributed by atoms with Gasteiger partial charge in [-0.1, -0.05) is 6.07 Å². The topological polar surface area (TPSA) is 35.5 Å². The number of carbonyl (C=O) groups excluding carboxylic acids is 1. The van der Waals surface area contributed by atoms with Crippen LogP contribution in [0, 0.1) is 0 Å². The van der Waals surface area contributed by atoms with Gasteiger partial charge >= 0.3 is 0 Å². The minimum atomic E-state index is -0.355. The Labute approximate surface area is 99.7 Å². The number of carbonyl (C=O) groups is 1. The number of Topliss-reactive ketones (excluding diaryl/α,β-unsaturated/α-hetero) is 1. The fourth-order valence-electron chi connectivity index (χ4n) is 2.67. The summed E-state index contributed by atoms with van der Waals surface area (Å²) in [5.41, 5.74) is 1.70. The van der Waals surface area contributed by atoms with E-state index in [2.05, 4.69) is 12.1 Å². The summed E-state index contributed by atoms with van der Waals surface area (Å²) in [5, 5.41) is 0. The minimum absolute atomic E-state index is 0.192. The van der Waals surface area contributed by atoms with Crippen molar-refractivity contribution < 1.29 is 14.3 Å². The smallest absolute Gasteiger partial charge is 0.170 e. The first-order valence-electron chi connectivity index (χ1n) is 6.20. The molecule has 0 N–H and O–H groups in total. The van der Waals surface area contributed by atoms with Crippen LogP contribution in [-0.4, -0.2) is 24.6 Å². The molecule has 1 aromatic carbocycles. The molecule has 88 valence electrons. The maximum absolute atomic E-state index is 12.1. The largest absolute Gasteiger partial charge is 0.481 e. The van der Waals surface area contributed by atoms with Gasteiger partial charge in [-0.05, 0) is 36.5 Å². The Morgan fingerprint density at radius 2 is 2.06 bits per heavy atom. The van der Waals surface area contributed by atoms with Gasteiger partial charge in [-0.2, -0.15) is 0 Å². The fourth-order valence-corrected chi connectivity index (χ4v) is 2.67. The SMILES string of the molecule is O=C1CC2(COC2)Oc2cc(C3CC3)ccc21. The van der Waals surface area contributed by atoms with E-state index in [1.54, 1.807) is 0 Å². The highest BCUT2D eigenvalue weighted by atomic mass is 16.6. The van der Waals surface area contributed by atoms with Gasteiger partial charge in [0.15, 0.2) is 11.4 Å². The van der Waals surface area contributed by atoms with Gasteiger partial charge < -0.3 is 9.47 Å². The number of rotatable bonds is 1. The van der Waals surface area contributed by atoms with Crippen molar-refractivity contribution in [1.82, 2.24) is 0 Å². The molecule has 4 rings (SSSR count). The average molecular weight is 230 g/mol. The molecule has 17 heavy (non-hydrogen) atoms. The van der Waals surface area contributed by atoms with E-state index in [0.29, 0.717) is 25.6 Å². The van der Waals surface area contributed by atoms with Crippen LogP contribution in [0.4, 0.5) is 0 Å². The van der Waals surface area contributed by atoms with Crippen molar-refractivity contribution in [2.75, 3.05) is 13.2 Å². The zero-order valence-corrected chi connectivity index (χ0v) is 9.57. The van der Waals surface area contributed by atoms with E-state index in [4.69, 9.17) is 9.47 Å². The Kier molecular flexibility index (Phi) is 1.76. The molecule has 2 fully saturated rings. The van der Waals surface area contributed by atoms with Crippen LogP contribution in [0.3, 0.4) is 0 Å². The van der Waals surface area contributed by atoms with E-state index in [1.807, 2.05) is 6.07 Å². The van der Waals surface area contributed by atoms with Crippen LogP contribution >= 0.6 is 0 Å². The molecule has 1 aliphatic carbocycles. The predicted octanol–water partition coefficient (Wildman–Crippen LogP) is 2.30. The lowest BCUT2D eigenvalue weighted by Crippen LogP contribution is -2.57. The van der Waals surface area contributed by atoms with Crippen LogP contribution in [0.1, 0.15) is 41.1 Å². The quantitative estimate of drug-likeness (QED) is 0.742. The Balaban J connectivity index is 1.75. The number of ketones is 1. The summed E-state index contributed by atoms with van der Waals surface area (Å²) in [6, 6.07) is 6.06. The maximum Gasteiger partial charge on any atom is 0.170 e. The van der Waals surface area contributed by atoms with Crippen LogP contribution in [0.15, 0.2) is 18.2 Å². The molecular formula is C14H14O3. The Hall–Kier alpha value is -1.35. The molecule has 0 amide bonds. The molecule has 2 aliphatic heterocycles. The normalized spacial score (nSPS) is 25.1. The second kappa shape index (κ2) is 3.10.